The van der Waals surface area contributed by atoms with Gasteiger partial charge >= 0.3 is 0 Å². The fourth-order valence-corrected chi connectivity index (χ4v) is 0.643. The van der Waals surface area contributed by atoms with Gasteiger partial charge in [-0.25, -0.2) is 4.99 Å². The van der Waals surface area contributed by atoms with Crippen LogP contribution in [0.25, 0.3) is 0 Å². The first-order valence-corrected chi connectivity index (χ1v) is 3.49. The molecule has 0 spiro atoms. The molecule has 0 unspecified atom stereocenters. The van der Waals surface area contributed by atoms with Gasteiger partial charge in [-0.2, -0.15) is 0 Å². The largest absolute Gasteiger partial charge is 0.206 e. The van der Waals surface area contributed by atoms with E-state index in [0.29, 0.717) is 0 Å². The highest BCUT2D eigenvalue weighted by Crippen LogP contribution is 2.00. The number of terminal acetylenes is 2. The highest BCUT2D eigenvalue weighted by molar-refractivity contribution is 5.74. The monoisotopic (exact) mass is 145 g/mol. The minimum atomic E-state index is 0.910. The Labute approximate surface area is 68.2 Å². The van der Waals surface area contributed by atoms with Gasteiger partial charge in [0.05, 0.1) is 0 Å². The van der Waals surface area contributed by atoms with Gasteiger partial charge in [-0.3, -0.25) is 0 Å². The number of nitrogens with zero attached hydrogens (tertiary/aromatic N) is 1. The molecule has 0 bridgehead atoms. The van der Waals surface area contributed by atoms with Crippen molar-refractivity contribution >= 4 is 6.21 Å². The lowest BCUT2D eigenvalue weighted by molar-refractivity contribution is 0.934. The number of allylic oxidation sites excluding steroid dienone is 2. The summed E-state index contributed by atoms with van der Waals surface area (Å²) in [7, 11) is 0. The highest BCUT2D eigenvalue weighted by Gasteiger charge is 1.86. The molecule has 0 radical (unpaired) electrons. The summed E-state index contributed by atoms with van der Waals surface area (Å²) < 4.78 is 0. The molecule has 1 nitrogen and oxygen atoms in total. The third-order valence-electron chi connectivity index (χ3n) is 1.13. The lowest BCUT2D eigenvalue weighted by Gasteiger charge is -1.91. The lowest BCUT2D eigenvalue weighted by atomic mass is 10.1. The van der Waals surface area contributed by atoms with E-state index in [4.69, 9.17) is 12.8 Å². The Hall–Kier alpha value is -1.47. The molecule has 0 aliphatic rings. The van der Waals surface area contributed by atoms with Gasteiger partial charge in [-0.1, -0.05) is 25.7 Å². The molecule has 0 amide bonds. The second kappa shape index (κ2) is 6.65. The van der Waals surface area contributed by atoms with Crippen molar-refractivity contribution in [3.63, 3.8) is 0 Å². The molecule has 0 N–H and O–H groups in total. The summed E-state index contributed by atoms with van der Waals surface area (Å²) in [6.45, 7) is 2.07. The van der Waals surface area contributed by atoms with Gasteiger partial charge in [0.1, 0.15) is 0 Å². The molecule has 0 aliphatic carbocycles. The molecule has 1 heteroatoms. The second-order valence-electron chi connectivity index (χ2n) is 1.99. The van der Waals surface area contributed by atoms with Gasteiger partial charge in [-0.15, -0.1) is 6.42 Å². The van der Waals surface area contributed by atoms with Crippen LogP contribution in [-0.4, -0.2) is 6.21 Å². The van der Waals surface area contributed by atoms with Crippen molar-refractivity contribution in [3.8, 4) is 24.8 Å². The Morgan fingerprint density at radius 1 is 1.55 bits per heavy atom. The Morgan fingerprint density at radius 2 is 2.27 bits per heavy atom. The van der Waals surface area contributed by atoms with Crippen molar-refractivity contribution in [3.05, 3.63) is 11.6 Å². The Bertz CT molecular complexity index is 233. The maximum Gasteiger partial charge on any atom is 0.0384 e. The minimum absolute atomic E-state index is 0.910. The lowest BCUT2D eigenvalue weighted by Crippen LogP contribution is -1.78. The molecular weight excluding hydrogens is 134 g/mol. The molecule has 0 aromatic carbocycles. The second-order valence-corrected chi connectivity index (χ2v) is 1.99. The molecule has 0 rings (SSSR count). The Balaban J connectivity index is 4.06. The quantitative estimate of drug-likeness (QED) is 0.425. The van der Waals surface area contributed by atoms with Gasteiger partial charge in [-0.05, 0) is 12.5 Å². The fourth-order valence-electron chi connectivity index (χ4n) is 0.643. The van der Waals surface area contributed by atoms with Crippen LogP contribution in [0.15, 0.2) is 16.6 Å². The first-order chi connectivity index (χ1) is 5.35. The summed E-state index contributed by atoms with van der Waals surface area (Å²) in [5, 5.41) is 0. The molecule has 0 saturated carbocycles. The molecule has 0 atom stereocenters. The van der Waals surface area contributed by atoms with E-state index in [1.807, 2.05) is 0 Å². The summed E-state index contributed by atoms with van der Waals surface area (Å²) in [6, 6.07) is 2.15. The van der Waals surface area contributed by atoms with Crippen LogP contribution in [-0.2, 0) is 0 Å². The van der Waals surface area contributed by atoms with E-state index in [-0.39, 0.29) is 0 Å². The van der Waals surface area contributed by atoms with Crippen molar-refractivity contribution in [2.45, 2.75) is 19.8 Å². The van der Waals surface area contributed by atoms with Crippen LogP contribution >= 0.6 is 0 Å². The summed E-state index contributed by atoms with van der Waals surface area (Å²) >= 11 is 0. The van der Waals surface area contributed by atoms with Gasteiger partial charge in [0.2, 0.25) is 0 Å². The standard InChI is InChI=1S/C10H11N/c1-4-7-10(5-2)8-9-11-6-3/h2-3,8-9H,4,7H2,1H3/b10-8+,11-9-. The molecule has 0 aromatic heterocycles. The Morgan fingerprint density at radius 3 is 2.73 bits per heavy atom. The zero-order valence-corrected chi connectivity index (χ0v) is 6.67. The number of aliphatic imine (C=N–C) groups is 1. The van der Waals surface area contributed by atoms with E-state index < -0.39 is 0 Å². The molecule has 0 aromatic rings. The van der Waals surface area contributed by atoms with Crippen LogP contribution in [0.4, 0.5) is 0 Å². The van der Waals surface area contributed by atoms with E-state index in [9.17, 15) is 0 Å². The normalized spacial score (nSPS) is 11.0. The third-order valence-corrected chi connectivity index (χ3v) is 1.13. The zero-order valence-electron chi connectivity index (χ0n) is 6.67. The number of hydrogen-bond acceptors (Lipinski definition) is 1. The van der Waals surface area contributed by atoms with Crippen molar-refractivity contribution in [2.24, 2.45) is 4.99 Å². The van der Waals surface area contributed by atoms with Crippen LogP contribution in [0, 0.1) is 24.8 Å². The van der Waals surface area contributed by atoms with E-state index in [0.717, 1.165) is 18.4 Å². The van der Waals surface area contributed by atoms with Crippen LogP contribution in [0.1, 0.15) is 19.8 Å². The topological polar surface area (TPSA) is 12.4 Å². The van der Waals surface area contributed by atoms with Crippen molar-refractivity contribution in [2.75, 3.05) is 0 Å². The van der Waals surface area contributed by atoms with E-state index >= 15 is 0 Å². The molecular formula is C10H11N. The smallest absolute Gasteiger partial charge is 0.0384 e. The average Bonchev–Trinajstić information content (AvgIpc) is 2.03. The summed E-state index contributed by atoms with van der Waals surface area (Å²) in [5.74, 6) is 2.56. The predicted molar refractivity (Wildman–Crippen MR) is 49.1 cm³/mol. The van der Waals surface area contributed by atoms with Crippen molar-refractivity contribution in [1.29, 1.82) is 0 Å². The number of hydrogen-bond donors (Lipinski definition) is 0. The summed E-state index contributed by atoms with van der Waals surface area (Å²) in [4.78, 5) is 3.57. The molecule has 56 valence electrons. The van der Waals surface area contributed by atoms with Crippen molar-refractivity contribution in [1.82, 2.24) is 0 Å². The number of rotatable bonds is 3. The van der Waals surface area contributed by atoms with Gasteiger partial charge in [0.25, 0.3) is 0 Å². The highest BCUT2D eigenvalue weighted by atomic mass is 14.6. The molecule has 11 heavy (non-hydrogen) atoms. The minimum Gasteiger partial charge on any atom is -0.206 e. The molecule has 0 fully saturated rings. The van der Waals surface area contributed by atoms with Gasteiger partial charge < -0.3 is 0 Å². The molecule has 0 saturated heterocycles. The zero-order chi connectivity index (χ0) is 8.53. The summed E-state index contributed by atoms with van der Waals surface area (Å²) in [5.41, 5.74) is 0.937. The predicted octanol–water partition coefficient (Wildman–Crippen LogP) is 2.01. The van der Waals surface area contributed by atoms with E-state index in [1.54, 1.807) is 12.3 Å². The maximum absolute atomic E-state index is 5.21. The fraction of sp³-hybridized carbons (Fsp3) is 0.300. The first-order valence-electron chi connectivity index (χ1n) is 3.49. The van der Waals surface area contributed by atoms with E-state index in [2.05, 4.69) is 23.9 Å². The van der Waals surface area contributed by atoms with Crippen LogP contribution in [0.3, 0.4) is 0 Å². The van der Waals surface area contributed by atoms with Gasteiger partial charge in [0.15, 0.2) is 0 Å². The molecule has 0 aliphatic heterocycles. The Kier molecular flexibility index (Phi) is 5.76. The van der Waals surface area contributed by atoms with E-state index in [1.165, 1.54) is 0 Å². The van der Waals surface area contributed by atoms with Crippen LogP contribution in [0.5, 0.6) is 0 Å². The molecule has 0 heterocycles. The average molecular weight is 145 g/mol. The van der Waals surface area contributed by atoms with Crippen molar-refractivity contribution < 1.29 is 0 Å². The van der Waals surface area contributed by atoms with Gasteiger partial charge in [0, 0.05) is 17.8 Å². The van der Waals surface area contributed by atoms with Crippen LogP contribution < -0.4 is 0 Å². The maximum atomic E-state index is 5.21. The summed E-state index contributed by atoms with van der Waals surface area (Å²) in [6.07, 6.45) is 15.4. The van der Waals surface area contributed by atoms with Crippen LogP contribution in [0.2, 0.25) is 0 Å². The first kappa shape index (κ1) is 9.53. The SMILES string of the molecule is C#C/N=C\C=C(/C#C)CCC. The third kappa shape index (κ3) is 5.00.